The van der Waals surface area contributed by atoms with E-state index < -0.39 is 15.1 Å². The van der Waals surface area contributed by atoms with E-state index >= 15 is 0 Å². The van der Waals surface area contributed by atoms with Crippen molar-refractivity contribution in [3.63, 3.8) is 0 Å². The first-order valence-electron chi connectivity index (χ1n) is 5.77. The molecule has 0 aliphatic carbocycles. The minimum absolute atomic E-state index is 0.0229. The largest absolute Gasteiger partial charge is 0.244 e. The van der Waals surface area contributed by atoms with Gasteiger partial charge in [-0.3, -0.25) is 0 Å². The molecular weight excluding hydrogens is 296 g/mol. The maximum Gasteiger partial charge on any atom is 0.198 e. The van der Waals surface area contributed by atoms with Gasteiger partial charge in [-0.2, -0.15) is 5.26 Å². The summed E-state index contributed by atoms with van der Waals surface area (Å²) in [6.45, 7) is 1.86. The molecule has 0 aliphatic heterocycles. The van der Waals surface area contributed by atoms with Gasteiger partial charge in [-0.25, -0.2) is 13.4 Å². The van der Waals surface area contributed by atoms with Crippen molar-refractivity contribution in [1.82, 2.24) is 4.98 Å². The number of pyridine rings is 1. The molecule has 1 heterocycles. The highest BCUT2D eigenvalue weighted by atomic mass is 35.5. The Labute approximate surface area is 122 Å². The summed E-state index contributed by atoms with van der Waals surface area (Å²) in [6, 6.07) is 11.2. The van der Waals surface area contributed by atoms with Gasteiger partial charge in [0.2, 0.25) is 0 Å². The summed E-state index contributed by atoms with van der Waals surface area (Å²) in [6.07, 6.45) is 1.44. The van der Waals surface area contributed by atoms with Crippen LogP contribution < -0.4 is 0 Å². The molecule has 0 aliphatic rings. The second-order valence-electron chi connectivity index (χ2n) is 4.25. The fourth-order valence-corrected chi connectivity index (χ4v) is 3.51. The van der Waals surface area contributed by atoms with Crippen LogP contribution in [-0.2, 0) is 9.84 Å². The van der Waals surface area contributed by atoms with Crippen molar-refractivity contribution >= 4 is 21.4 Å². The molecular formula is C14H11ClN2O2S. The van der Waals surface area contributed by atoms with Crippen LogP contribution in [0.15, 0.2) is 47.5 Å². The third kappa shape index (κ3) is 2.67. The molecule has 1 aromatic heterocycles. The lowest BCUT2D eigenvalue weighted by Gasteiger charge is -2.12. The van der Waals surface area contributed by atoms with E-state index in [0.717, 1.165) is 5.56 Å². The maximum atomic E-state index is 12.5. The van der Waals surface area contributed by atoms with E-state index in [9.17, 15) is 13.7 Å². The molecule has 0 bridgehead atoms. The quantitative estimate of drug-likeness (QED) is 0.817. The van der Waals surface area contributed by atoms with Crippen LogP contribution in [0.25, 0.3) is 0 Å². The Kier molecular flexibility index (Phi) is 4.07. The van der Waals surface area contributed by atoms with Gasteiger partial charge in [-0.15, -0.1) is 0 Å². The number of sulfone groups is 1. The van der Waals surface area contributed by atoms with Crippen LogP contribution in [0.2, 0.25) is 5.15 Å². The van der Waals surface area contributed by atoms with Gasteiger partial charge in [0.25, 0.3) is 0 Å². The summed E-state index contributed by atoms with van der Waals surface area (Å²) in [5, 5.41) is 7.89. The molecule has 1 atom stereocenters. The van der Waals surface area contributed by atoms with Crippen LogP contribution in [0.1, 0.15) is 16.4 Å². The third-order valence-electron chi connectivity index (χ3n) is 2.85. The molecule has 6 heteroatoms. The zero-order valence-corrected chi connectivity index (χ0v) is 12.2. The Hall–Kier alpha value is -1.90. The molecule has 0 spiro atoms. The van der Waals surface area contributed by atoms with E-state index in [-0.39, 0.29) is 15.6 Å². The number of aromatic nitrogens is 1. The lowest BCUT2D eigenvalue weighted by atomic mass is 10.2. The highest BCUT2D eigenvalue weighted by Gasteiger charge is 2.31. The van der Waals surface area contributed by atoms with Gasteiger partial charge in [0.15, 0.2) is 15.1 Å². The number of nitrogens with zero attached hydrogens (tertiary/aromatic N) is 2. The van der Waals surface area contributed by atoms with E-state index in [1.54, 1.807) is 24.3 Å². The van der Waals surface area contributed by atoms with Gasteiger partial charge in [-0.1, -0.05) is 35.4 Å². The Morgan fingerprint density at radius 3 is 2.45 bits per heavy atom. The number of halogens is 1. The predicted octanol–water partition coefficient (Wildman–Crippen LogP) is 3.08. The van der Waals surface area contributed by atoms with E-state index in [4.69, 9.17) is 11.6 Å². The SMILES string of the molecule is Cc1ccc(S(=O)(=O)[C@H](C#N)c2cccnc2Cl)cc1. The standard InChI is InChI=1S/C14H11ClN2O2S/c1-10-4-6-11(7-5-10)20(18,19)13(9-16)12-3-2-8-17-14(12)15/h2-8,13H,1H3/t13-/m1/s1. The van der Waals surface area contributed by atoms with Crippen molar-refractivity contribution in [1.29, 1.82) is 5.26 Å². The summed E-state index contributed by atoms with van der Waals surface area (Å²) < 4.78 is 25.0. The van der Waals surface area contributed by atoms with Crippen LogP contribution in [0.3, 0.4) is 0 Å². The van der Waals surface area contributed by atoms with Crippen molar-refractivity contribution in [2.75, 3.05) is 0 Å². The Balaban J connectivity index is 2.55. The van der Waals surface area contributed by atoms with Gasteiger partial charge < -0.3 is 0 Å². The number of benzene rings is 1. The van der Waals surface area contributed by atoms with Crippen LogP contribution in [0.4, 0.5) is 0 Å². The molecule has 0 saturated heterocycles. The lowest BCUT2D eigenvalue weighted by Crippen LogP contribution is -2.13. The summed E-state index contributed by atoms with van der Waals surface area (Å²) in [5.41, 5.74) is 1.13. The summed E-state index contributed by atoms with van der Waals surface area (Å²) in [5.74, 6) is 0. The second-order valence-corrected chi connectivity index (χ2v) is 6.64. The molecule has 20 heavy (non-hydrogen) atoms. The van der Waals surface area contributed by atoms with Crippen LogP contribution >= 0.6 is 11.6 Å². The van der Waals surface area contributed by atoms with E-state index in [1.807, 2.05) is 6.92 Å². The minimum Gasteiger partial charge on any atom is -0.244 e. The zero-order chi connectivity index (χ0) is 14.8. The average Bonchev–Trinajstić information content (AvgIpc) is 2.42. The highest BCUT2D eigenvalue weighted by molar-refractivity contribution is 7.92. The van der Waals surface area contributed by atoms with Crippen molar-refractivity contribution in [2.24, 2.45) is 0 Å². The molecule has 102 valence electrons. The second kappa shape index (κ2) is 5.61. The Morgan fingerprint density at radius 2 is 1.90 bits per heavy atom. The molecule has 0 N–H and O–H groups in total. The number of rotatable bonds is 3. The summed E-state index contributed by atoms with van der Waals surface area (Å²) >= 11 is 5.89. The molecule has 0 amide bonds. The number of hydrogen-bond acceptors (Lipinski definition) is 4. The van der Waals surface area contributed by atoms with E-state index in [1.165, 1.54) is 24.4 Å². The smallest absolute Gasteiger partial charge is 0.198 e. The van der Waals surface area contributed by atoms with Gasteiger partial charge in [0.05, 0.1) is 11.0 Å². The highest BCUT2D eigenvalue weighted by Crippen LogP contribution is 2.31. The van der Waals surface area contributed by atoms with Gasteiger partial charge in [0.1, 0.15) is 5.15 Å². The maximum absolute atomic E-state index is 12.5. The molecule has 2 rings (SSSR count). The Bertz CT molecular complexity index is 765. The normalized spacial score (nSPS) is 12.7. The minimum atomic E-state index is -3.83. The monoisotopic (exact) mass is 306 g/mol. The van der Waals surface area contributed by atoms with Crippen molar-refractivity contribution in [3.8, 4) is 6.07 Å². The number of nitriles is 1. The molecule has 0 unspecified atom stereocenters. The van der Waals surface area contributed by atoms with Gasteiger partial charge in [-0.05, 0) is 25.1 Å². The third-order valence-corrected chi connectivity index (χ3v) is 5.07. The van der Waals surface area contributed by atoms with Crippen molar-refractivity contribution in [3.05, 3.63) is 58.9 Å². The average molecular weight is 307 g/mol. The molecule has 2 aromatic rings. The molecule has 0 fully saturated rings. The topological polar surface area (TPSA) is 70.8 Å². The first kappa shape index (κ1) is 14.5. The summed E-state index contributed by atoms with van der Waals surface area (Å²) in [7, 11) is -3.83. The fourth-order valence-electron chi connectivity index (χ4n) is 1.76. The lowest BCUT2D eigenvalue weighted by molar-refractivity contribution is 0.591. The molecule has 1 aromatic carbocycles. The fraction of sp³-hybridized carbons (Fsp3) is 0.143. The predicted molar refractivity (Wildman–Crippen MR) is 76.0 cm³/mol. The van der Waals surface area contributed by atoms with Crippen molar-refractivity contribution < 1.29 is 8.42 Å². The number of hydrogen-bond donors (Lipinski definition) is 0. The van der Waals surface area contributed by atoms with Crippen LogP contribution in [0, 0.1) is 18.3 Å². The molecule has 4 nitrogen and oxygen atoms in total. The van der Waals surface area contributed by atoms with E-state index in [0.29, 0.717) is 0 Å². The Morgan fingerprint density at radius 1 is 1.25 bits per heavy atom. The van der Waals surface area contributed by atoms with E-state index in [2.05, 4.69) is 4.98 Å². The first-order chi connectivity index (χ1) is 9.46. The number of aryl methyl sites for hydroxylation is 1. The van der Waals surface area contributed by atoms with Crippen LogP contribution in [-0.4, -0.2) is 13.4 Å². The van der Waals surface area contributed by atoms with Gasteiger partial charge in [0, 0.05) is 11.8 Å². The molecule has 0 radical (unpaired) electrons. The van der Waals surface area contributed by atoms with Crippen LogP contribution in [0.5, 0.6) is 0 Å². The van der Waals surface area contributed by atoms with Crippen molar-refractivity contribution in [2.45, 2.75) is 17.1 Å². The molecule has 0 saturated carbocycles. The van der Waals surface area contributed by atoms with Gasteiger partial charge >= 0.3 is 0 Å². The summed E-state index contributed by atoms with van der Waals surface area (Å²) in [4.78, 5) is 3.91. The zero-order valence-electron chi connectivity index (χ0n) is 10.6. The first-order valence-corrected chi connectivity index (χ1v) is 7.70.